The molecule has 0 fully saturated rings. The molecular weight excluding hydrogens is 370 g/mol. The van der Waals surface area contributed by atoms with E-state index in [4.69, 9.17) is 0 Å². The topological polar surface area (TPSA) is 38.3 Å². The van der Waals surface area contributed by atoms with Crippen molar-refractivity contribution in [3.8, 4) is 5.75 Å². The summed E-state index contributed by atoms with van der Waals surface area (Å²) in [6.07, 6.45) is -4.79. The third kappa shape index (κ3) is 6.59. The van der Waals surface area contributed by atoms with Crippen molar-refractivity contribution in [2.75, 3.05) is 5.75 Å². The fourth-order valence-corrected chi connectivity index (χ4v) is 3.00. The van der Waals surface area contributed by atoms with Crippen LogP contribution in [-0.2, 0) is 11.3 Å². The Bertz CT molecular complexity index is 735. The highest BCUT2D eigenvalue weighted by molar-refractivity contribution is 8.00. The second kappa shape index (κ2) is 8.93. The lowest BCUT2D eigenvalue weighted by Gasteiger charge is -2.14. The molecule has 2 rings (SSSR count). The van der Waals surface area contributed by atoms with E-state index in [-0.39, 0.29) is 40.6 Å². The van der Waals surface area contributed by atoms with Crippen molar-refractivity contribution in [3.63, 3.8) is 0 Å². The van der Waals surface area contributed by atoms with Gasteiger partial charge in [-0.25, -0.2) is 4.39 Å². The molecule has 0 heterocycles. The van der Waals surface area contributed by atoms with Crippen LogP contribution in [-0.4, -0.2) is 18.0 Å². The number of alkyl halides is 3. The maximum atomic E-state index is 12.9. The average Bonchev–Trinajstić information content (AvgIpc) is 2.58. The Labute approximate surface area is 152 Å². The molecule has 0 saturated heterocycles. The molecule has 0 bridgehead atoms. The van der Waals surface area contributed by atoms with Gasteiger partial charge < -0.3 is 10.1 Å². The standard InChI is InChI=1S/C18H17F4NO2S/c1-12(13-6-8-15(19)9-7-13)26-11-17(24)23-10-14-4-2-3-5-16(14)25-18(20,21)22/h2-9,12H,10-11H2,1H3,(H,23,24). The molecule has 1 amide bonds. The normalized spacial score (nSPS) is 12.5. The van der Waals surface area contributed by atoms with Crippen molar-refractivity contribution in [1.82, 2.24) is 5.32 Å². The van der Waals surface area contributed by atoms with E-state index in [0.717, 1.165) is 5.56 Å². The molecule has 3 nitrogen and oxygen atoms in total. The number of amides is 1. The van der Waals surface area contributed by atoms with Crippen LogP contribution >= 0.6 is 11.8 Å². The summed E-state index contributed by atoms with van der Waals surface area (Å²) in [7, 11) is 0. The van der Waals surface area contributed by atoms with E-state index in [1.807, 2.05) is 6.92 Å². The Morgan fingerprint density at radius 3 is 2.46 bits per heavy atom. The first-order chi connectivity index (χ1) is 12.2. The lowest BCUT2D eigenvalue weighted by Crippen LogP contribution is -2.26. The minimum atomic E-state index is -4.79. The molecule has 1 N–H and O–H groups in total. The SMILES string of the molecule is CC(SCC(=O)NCc1ccccc1OC(F)(F)F)c1ccc(F)cc1. The summed E-state index contributed by atoms with van der Waals surface area (Å²) in [5, 5.41) is 2.55. The predicted octanol–water partition coefficient (Wildman–Crippen LogP) is 4.83. The van der Waals surface area contributed by atoms with Gasteiger partial charge in [-0.3, -0.25) is 4.79 Å². The summed E-state index contributed by atoms with van der Waals surface area (Å²) >= 11 is 1.35. The van der Waals surface area contributed by atoms with Gasteiger partial charge in [-0.05, 0) is 30.7 Å². The Balaban J connectivity index is 1.84. The minimum Gasteiger partial charge on any atom is -0.405 e. The number of carbonyl (C=O) groups excluding carboxylic acids is 1. The zero-order chi connectivity index (χ0) is 19.2. The van der Waals surface area contributed by atoms with Crippen molar-refractivity contribution in [1.29, 1.82) is 0 Å². The van der Waals surface area contributed by atoms with E-state index < -0.39 is 6.36 Å². The van der Waals surface area contributed by atoms with Crippen molar-refractivity contribution in [3.05, 3.63) is 65.5 Å². The Morgan fingerprint density at radius 2 is 1.81 bits per heavy atom. The molecular formula is C18H17F4NO2S. The van der Waals surface area contributed by atoms with Crippen LogP contribution in [0.5, 0.6) is 5.75 Å². The van der Waals surface area contributed by atoms with Crippen molar-refractivity contribution in [2.45, 2.75) is 25.1 Å². The first-order valence-electron chi connectivity index (χ1n) is 7.72. The van der Waals surface area contributed by atoms with E-state index in [9.17, 15) is 22.4 Å². The fourth-order valence-electron chi connectivity index (χ4n) is 2.15. The molecule has 0 spiro atoms. The highest BCUT2D eigenvalue weighted by Gasteiger charge is 2.31. The fraction of sp³-hybridized carbons (Fsp3) is 0.278. The Morgan fingerprint density at radius 1 is 1.15 bits per heavy atom. The molecule has 8 heteroatoms. The minimum absolute atomic E-state index is 0.0257. The van der Waals surface area contributed by atoms with Gasteiger partial charge in [0.2, 0.25) is 5.91 Å². The average molecular weight is 387 g/mol. The zero-order valence-corrected chi connectivity index (χ0v) is 14.7. The molecule has 26 heavy (non-hydrogen) atoms. The summed E-state index contributed by atoms with van der Waals surface area (Å²) in [4.78, 5) is 11.9. The monoisotopic (exact) mass is 387 g/mol. The number of para-hydroxylation sites is 1. The van der Waals surface area contributed by atoms with Crippen LogP contribution in [0.1, 0.15) is 23.3 Å². The second-order valence-electron chi connectivity index (χ2n) is 5.44. The van der Waals surface area contributed by atoms with Gasteiger partial charge in [0.1, 0.15) is 11.6 Å². The zero-order valence-electron chi connectivity index (χ0n) is 13.8. The van der Waals surface area contributed by atoms with Crippen LogP contribution in [0.4, 0.5) is 17.6 Å². The Hall–Kier alpha value is -2.22. The van der Waals surface area contributed by atoms with Crippen molar-refractivity contribution >= 4 is 17.7 Å². The number of hydrogen-bond acceptors (Lipinski definition) is 3. The third-order valence-corrected chi connectivity index (χ3v) is 4.68. The molecule has 1 atom stereocenters. The number of nitrogens with one attached hydrogen (secondary N) is 1. The Kier molecular flexibility index (Phi) is 6.90. The highest BCUT2D eigenvalue weighted by Crippen LogP contribution is 2.28. The summed E-state index contributed by atoms with van der Waals surface area (Å²) in [6, 6.07) is 11.6. The molecule has 0 radical (unpaired) electrons. The van der Waals surface area contributed by atoms with E-state index in [1.54, 1.807) is 18.2 Å². The van der Waals surface area contributed by atoms with Gasteiger partial charge in [0, 0.05) is 17.4 Å². The number of halogens is 4. The van der Waals surface area contributed by atoms with Gasteiger partial charge in [0.25, 0.3) is 0 Å². The van der Waals surface area contributed by atoms with Crippen LogP contribution in [0.25, 0.3) is 0 Å². The van der Waals surface area contributed by atoms with E-state index in [0.29, 0.717) is 0 Å². The number of ether oxygens (including phenoxy) is 1. The molecule has 0 aromatic heterocycles. The largest absolute Gasteiger partial charge is 0.573 e. The molecule has 0 aliphatic heterocycles. The number of rotatable bonds is 7. The summed E-state index contributed by atoms with van der Waals surface area (Å²) in [6.45, 7) is 1.81. The highest BCUT2D eigenvalue weighted by atomic mass is 32.2. The van der Waals surface area contributed by atoms with Crippen LogP contribution in [0.15, 0.2) is 48.5 Å². The van der Waals surface area contributed by atoms with Crippen molar-refractivity contribution in [2.24, 2.45) is 0 Å². The van der Waals surface area contributed by atoms with Gasteiger partial charge in [-0.15, -0.1) is 24.9 Å². The lowest BCUT2D eigenvalue weighted by atomic mass is 10.2. The van der Waals surface area contributed by atoms with Gasteiger partial charge >= 0.3 is 6.36 Å². The number of carbonyl (C=O) groups is 1. The molecule has 1 unspecified atom stereocenters. The van der Waals surface area contributed by atoms with Gasteiger partial charge in [-0.2, -0.15) is 0 Å². The van der Waals surface area contributed by atoms with Gasteiger partial charge in [-0.1, -0.05) is 30.3 Å². The predicted molar refractivity (Wildman–Crippen MR) is 92.2 cm³/mol. The van der Waals surface area contributed by atoms with Crippen LogP contribution in [0.3, 0.4) is 0 Å². The van der Waals surface area contributed by atoms with E-state index in [2.05, 4.69) is 10.1 Å². The van der Waals surface area contributed by atoms with Gasteiger partial charge in [0.15, 0.2) is 0 Å². The number of hydrogen-bond donors (Lipinski definition) is 1. The second-order valence-corrected chi connectivity index (χ2v) is 6.77. The molecule has 2 aromatic carbocycles. The molecule has 0 aliphatic carbocycles. The first-order valence-corrected chi connectivity index (χ1v) is 8.77. The third-order valence-electron chi connectivity index (χ3n) is 3.48. The van der Waals surface area contributed by atoms with Crippen LogP contribution < -0.4 is 10.1 Å². The maximum absolute atomic E-state index is 12.9. The number of thioether (sulfide) groups is 1. The maximum Gasteiger partial charge on any atom is 0.573 e. The first kappa shape index (κ1) is 20.1. The molecule has 0 saturated carbocycles. The summed E-state index contributed by atoms with van der Waals surface area (Å²) in [5.41, 5.74) is 1.11. The van der Waals surface area contributed by atoms with E-state index >= 15 is 0 Å². The smallest absolute Gasteiger partial charge is 0.405 e. The number of benzene rings is 2. The van der Waals surface area contributed by atoms with Crippen molar-refractivity contribution < 1.29 is 27.1 Å². The molecule has 140 valence electrons. The summed E-state index contributed by atoms with van der Waals surface area (Å²) < 4.78 is 54.0. The summed E-state index contributed by atoms with van der Waals surface area (Å²) in [5.74, 6) is -0.859. The quantitative estimate of drug-likeness (QED) is 0.692. The van der Waals surface area contributed by atoms with Gasteiger partial charge in [0.05, 0.1) is 5.75 Å². The van der Waals surface area contributed by atoms with E-state index in [1.165, 1.54) is 42.1 Å². The van der Waals surface area contributed by atoms with Crippen LogP contribution in [0, 0.1) is 5.82 Å². The molecule has 0 aliphatic rings. The van der Waals surface area contributed by atoms with Crippen LogP contribution in [0.2, 0.25) is 0 Å². The lowest BCUT2D eigenvalue weighted by molar-refractivity contribution is -0.274. The molecule has 2 aromatic rings.